The van der Waals surface area contributed by atoms with E-state index in [-0.39, 0.29) is 11.3 Å². The largest absolute Gasteiger partial charge is 0.476 e. The SMILES string of the molecule is O=C(O)C1=NN(c2ccccc2)C(=O)C1=Cc1ccc2c(c1)CCCN2c1ccc2ccccc2c1. The van der Waals surface area contributed by atoms with E-state index in [4.69, 9.17) is 0 Å². The molecule has 0 aromatic heterocycles. The molecule has 6 rings (SSSR count). The van der Waals surface area contributed by atoms with Crippen LogP contribution in [0, 0.1) is 0 Å². The summed E-state index contributed by atoms with van der Waals surface area (Å²) in [6, 6.07) is 29.7. The summed E-state index contributed by atoms with van der Waals surface area (Å²) in [4.78, 5) is 27.3. The summed E-state index contributed by atoms with van der Waals surface area (Å²) in [6.45, 7) is 0.923. The van der Waals surface area contributed by atoms with E-state index < -0.39 is 11.9 Å². The van der Waals surface area contributed by atoms with Crippen LogP contribution >= 0.6 is 0 Å². The van der Waals surface area contributed by atoms with Gasteiger partial charge in [-0.25, -0.2) is 4.79 Å². The molecule has 0 saturated carbocycles. The van der Waals surface area contributed by atoms with Gasteiger partial charge in [0.05, 0.1) is 11.3 Å². The molecule has 2 aliphatic rings. The lowest BCUT2D eigenvalue weighted by Crippen LogP contribution is -2.24. The number of rotatable bonds is 4. The zero-order valence-electron chi connectivity index (χ0n) is 19.5. The molecule has 0 radical (unpaired) electrons. The second-order valence-electron chi connectivity index (χ2n) is 8.94. The van der Waals surface area contributed by atoms with Crippen LogP contribution in [0.4, 0.5) is 17.1 Å². The fourth-order valence-corrected chi connectivity index (χ4v) is 4.93. The predicted molar refractivity (Wildman–Crippen MR) is 143 cm³/mol. The van der Waals surface area contributed by atoms with E-state index in [2.05, 4.69) is 46.4 Å². The van der Waals surface area contributed by atoms with E-state index >= 15 is 0 Å². The van der Waals surface area contributed by atoms with Gasteiger partial charge in [0, 0.05) is 17.9 Å². The zero-order chi connectivity index (χ0) is 24.6. The minimum atomic E-state index is -1.23. The number of carbonyl (C=O) groups excluding carboxylic acids is 1. The third-order valence-electron chi connectivity index (χ3n) is 6.66. The van der Waals surface area contributed by atoms with Crippen LogP contribution in [0.5, 0.6) is 0 Å². The van der Waals surface area contributed by atoms with Crippen molar-refractivity contribution in [3.63, 3.8) is 0 Å². The highest BCUT2D eigenvalue weighted by atomic mass is 16.4. The lowest BCUT2D eigenvalue weighted by Gasteiger charge is -2.32. The number of aliphatic carboxylic acids is 1. The van der Waals surface area contributed by atoms with E-state index in [1.54, 1.807) is 30.3 Å². The van der Waals surface area contributed by atoms with Gasteiger partial charge < -0.3 is 10.0 Å². The number of fused-ring (bicyclic) bond motifs is 2. The number of aryl methyl sites for hydroxylation is 1. The number of hydrazone groups is 1. The molecular weight excluding hydrogens is 450 g/mol. The van der Waals surface area contributed by atoms with Crippen molar-refractivity contribution < 1.29 is 14.7 Å². The fourth-order valence-electron chi connectivity index (χ4n) is 4.93. The Kier molecular flexibility index (Phi) is 5.34. The summed E-state index contributed by atoms with van der Waals surface area (Å²) < 4.78 is 0. The van der Waals surface area contributed by atoms with Crippen LogP contribution in [-0.2, 0) is 16.0 Å². The molecule has 6 heteroatoms. The van der Waals surface area contributed by atoms with Crippen molar-refractivity contribution in [3.05, 3.63) is 108 Å². The number of hydrogen-bond acceptors (Lipinski definition) is 4. The molecule has 0 spiro atoms. The van der Waals surface area contributed by atoms with Crippen LogP contribution in [0.3, 0.4) is 0 Å². The maximum atomic E-state index is 13.1. The van der Waals surface area contributed by atoms with Crippen LogP contribution in [0.2, 0.25) is 0 Å². The standard InChI is InChI=1S/C30H23N3O3/c34-29-26(28(30(35)36)31-33(29)24-10-2-1-3-11-24)18-20-12-15-27-23(17-20)9-6-16-32(27)25-14-13-21-7-4-5-8-22(21)19-25/h1-5,7-8,10-15,17-19H,6,9,16H2,(H,35,36). The summed E-state index contributed by atoms with van der Waals surface area (Å²) in [6.07, 6.45) is 3.55. The molecule has 36 heavy (non-hydrogen) atoms. The van der Waals surface area contributed by atoms with Crippen molar-refractivity contribution in [1.29, 1.82) is 0 Å². The number of nitrogens with zero attached hydrogens (tertiary/aromatic N) is 3. The lowest BCUT2D eigenvalue weighted by molar-refractivity contribution is -0.129. The highest BCUT2D eigenvalue weighted by Gasteiger charge is 2.35. The van der Waals surface area contributed by atoms with Gasteiger partial charge in [0.25, 0.3) is 5.91 Å². The third kappa shape index (κ3) is 3.82. The Morgan fingerprint density at radius 3 is 2.44 bits per heavy atom. The summed E-state index contributed by atoms with van der Waals surface area (Å²) in [5.74, 6) is -1.68. The van der Waals surface area contributed by atoms with Crippen molar-refractivity contribution in [2.75, 3.05) is 16.5 Å². The number of carboxylic acids is 1. The Labute approximate surface area is 208 Å². The zero-order valence-corrected chi connectivity index (χ0v) is 19.5. The van der Waals surface area contributed by atoms with Crippen molar-refractivity contribution in [3.8, 4) is 0 Å². The molecule has 6 nitrogen and oxygen atoms in total. The van der Waals surface area contributed by atoms with Gasteiger partial charge in [-0.1, -0.05) is 54.6 Å². The average molecular weight is 474 g/mol. The first-order valence-corrected chi connectivity index (χ1v) is 11.9. The highest BCUT2D eigenvalue weighted by molar-refractivity contribution is 6.53. The van der Waals surface area contributed by atoms with Crippen LogP contribution in [-0.4, -0.2) is 29.2 Å². The van der Waals surface area contributed by atoms with E-state index in [1.807, 2.05) is 30.3 Å². The average Bonchev–Trinajstić information content (AvgIpc) is 3.24. The van der Waals surface area contributed by atoms with E-state index in [0.29, 0.717) is 5.69 Å². The molecule has 2 aliphatic heterocycles. The molecule has 2 heterocycles. The van der Waals surface area contributed by atoms with Crippen molar-refractivity contribution in [1.82, 2.24) is 0 Å². The quantitative estimate of drug-likeness (QED) is 0.381. The maximum absolute atomic E-state index is 13.1. The molecule has 1 amide bonds. The number of amides is 1. The van der Waals surface area contributed by atoms with Gasteiger partial charge in [-0.3, -0.25) is 4.79 Å². The molecule has 4 aromatic rings. The van der Waals surface area contributed by atoms with Gasteiger partial charge in [-0.2, -0.15) is 10.1 Å². The molecule has 0 unspecified atom stereocenters. The van der Waals surface area contributed by atoms with Crippen LogP contribution in [0.15, 0.2) is 102 Å². The Morgan fingerprint density at radius 1 is 0.861 bits per heavy atom. The van der Waals surface area contributed by atoms with Crippen molar-refractivity contribution >= 4 is 51.5 Å². The van der Waals surface area contributed by atoms with Crippen LogP contribution in [0.25, 0.3) is 16.8 Å². The predicted octanol–water partition coefficient (Wildman–Crippen LogP) is 5.79. The number of hydrogen-bond donors (Lipinski definition) is 1. The summed E-state index contributed by atoms with van der Waals surface area (Å²) >= 11 is 0. The normalized spacial score (nSPS) is 16.4. The number of anilines is 3. The van der Waals surface area contributed by atoms with Crippen LogP contribution in [0.1, 0.15) is 17.5 Å². The van der Waals surface area contributed by atoms with E-state index in [9.17, 15) is 14.7 Å². The molecule has 0 aliphatic carbocycles. The second kappa shape index (κ2) is 8.82. The van der Waals surface area contributed by atoms with Gasteiger partial charge in [-0.05, 0) is 77.2 Å². The molecule has 0 fully saturated rings. The first-order valence-electron chi connectivity index (χ1n) is 11.9. The number of carbonyl (C=O) groups is 2. The first-order chi connectivity index (χ1) is 17.6. The molecular formula is C30H23N3O3. The Balaban J connectivity index is 1.35. The maximum Gasteiger partial charge on any atom is 0.357 e. The van der Waals surface area contributed by atoms with Crippen molar-refractivity contribution in [2.24, 2.45) is 5.10 Å². The van der Waals surface area contributed by atoms with Crippen molar-refractivity contribution in [2.45, 2.75) is 12.8 Å². The number of para-hydroxylation sites is 1. The topological polar surface area (TPSA) is 73.2 Å². The molecule has 4 aromatic carbocycles. The van der Waals surface area contributed by atoms with Gasteiger partial charge >= 0.3 is 5.97 Å². The fraction of sp³-hybridized carbons (Fsp3) is 0.100. The second-order valence-corrected chi connectivity index (χ2v) is 8.94. The Hall–Kier alpha value is -4.71. The number of carboxylic acid groups (broad SMARTS) is 1. The van der Waals surface area contributed by atoms with E-state index in [0.717, 1.165) is 41.3 Å². The van der Waals surface area contributed by atoms with E-state index in [1.165, 1.54) is 16.3 Å². The van der Waals surface area contributed by atoms with Gasteiger partial charge in [0.2, 0.25) is 0 Å². The minimum Gasteiger partial charge on any atom is -0.476 e. The van der Waals surface area contributed by atoms with Crippen LogP contribution < -0.4 is 9.91 Å². The number of benzene rings is 4. The summed E-state index contributed by atoms with van der Waals surface area (Å²) in [7, 11) is 0. The monoisotopic (exact) mass is 473 g/mol. The Bertz CT molecular complexity index is 1570. The molecule has 0 bridgehead atoms. The summed E-state index contributed by atoms with van der Waals surface area (Å²) in [5.41, 5.74) is 4.58. The highest BCUT2D eigenvalue weighted by Crippen LogP contribution is 2.36. The lowest BCUT2D eigenvalue weighted by atomic mass is 9.96. The smallest absolute Gasteiger partial charge is 0.357 e. The van der Waals surface area contributed by atoms with Gasteiger partial charge in [-0.15, -0.1) is 0 Å². The third-order valence-corrected chi connectivity index (χ3v) is 6.66. The van der Waals surface area contributed by atoms with Gasteiger partial charge in [0.1, 0.15) is 0 Å². The first kappa shape index (κ1) is 21.8. The summed E-state index contributed by atoms with van der Waals surface area (Å²) in [5, 5.41) is 17.4. The molecule has 0 saturated heterocycles. The molecule has 176 valence electrons. The Morgan fingerprint density at radius 2 is 1.64 bits per heavy atom. The minimum absolute atomic E-state index is 0.0773. The molecule has 0 atom stereocenters. The molecule has 1 N–H and O–H groups in total. The van der Waals surface area contributed by atoms with Gasteiger partial charge in [0.15, 0.2) is 5.71 Å².